The Bertz CT molecular complexity index is 470. The lowest BCUT2D eigenvalue weighted by Gasteiger charge is -2.33. The van der Waals surface area contributed by atoms with Crippen LogP contribution in [0.25, 0.3) is 0 Å². The molecule has 0 aliphatic heterocycles. The fourth-order valence-electron chi connectivity index (χ4n) is 2.72. The number of hydrogen-bond donors (Lipinski definition) is 2. The topological polar surface area (TPSA) is 63.3 Å². The first kappa shape index (κ1) is 15.7. The Hall–Kier alpha value is -1.35. The third-order valence-electron chi connectivity index (χ3n) is 3.24. The monoisotopic (exact) mass is 263 g/mol. The van der Waals surface area contributed by atoms with Crippen molar-refractivity contribution in [3.05, 3.63) is 29.3 Å². The third-order valence-corrected chi connectivity index (χ3v) is 3.24. The number of Topliss-reactive ketones (excluding diaryl/α,β-unsaturated/α-hetero) is 1. The molecule has 1 aromatic carbocycles. The van der Waals surface area contributed by atoms with Crippen LogP contribution in [0.15, 0.2) is 18.2 Å². The van der Waals surface area contributed by atoms with Gasteiger partial charge in [-0.05, 0) is 34.9 Å². The number of rotatable bonds is 4. The minimum absolute atomic E-state index is 0.00533. The van der Waals surface area contributed by atoms with E-state index in [1.807, 2.05) is 6.07 Å². The summed E-state index contributed by atoms with van der Waals surface area (Å²) in [4.78, 5) is 11.7. The van der Waals surface area contributed by atoms with Crippen molar-refractivity contribution in [2.75, 3.05) is 6.54 Å². The molecule has 0 bridgehead atoms. The summed E-state index contributed by atoms with van der Waals surface area (Å²) < 4.78 is 0. The molecule has 0 aliphatic rings. The zero-order valence-corrected chi connectivity index (χ0v) is 12.6. The van der Waals surface area contributed by atoms with Gasteiger partial charge in [0.25, 0.3) is 0 Å². The van der Waals surface area contributed by atoms with Gasteiger partial charge in [-0.2, -0.15) is 0 Å². The van der Waals surface area contributed by atoms with Crippen molar-refractivity contribution in [1.82, 2.24) is 0 Å². The molecule has 0 saturated heterocycles. The van der Waals surface area contributed by atoms with Gasteiger partial charge in [-0.1, -0.05) is 40.7 Å². The lowest BCUT2D eigenvalue weighted by molar-refractivity contribution is 0.0998. The molecule has 0 amide bonds. The van der Waals surface area contributed by atoms with Crippen molar-refractivity contribution in [2.45, 2.75) is 46.5 Å². The maximum atomic E-state index is 11.7. The number of phenolic OH excluding ortho intramolecular Hbond substituents is 1. The number of nitrogens with two attached hydrogens (primary N) is 1. The first-order valence-corrected chi connectivity index (χ1v) is 6.63. The van der Waals surface area contributed by atoms with E-state index in [0.29, 0.717) is 5.56 Å². The smallest absolute Gasteiger partial charge is 0.180 e. The standard InChI is InChI=1S/C16H25NO2/c1-15(2,3)10-16(4,5)11-6-7-13(18)12(8-11)14(19)9-17/h6-8,18H,9-10,17H2,1-5H3. The average molecular weight is 263 g/mol. The van der Waals surface area contributed by atoms with Gasteiger partial charge in [-0.3, -0.25) is 4.79 Å². The van der Waals surface area contributed by atoms with Crippen LogP contribution in [0.3, 0.4) is 0 Å². The second-order valence-corrected chi connectivity index (χ2v) is 6.98. The van der Waals surface area contributed by atoms with Crippen molar-refractivity contribution in [3.8, 4) is 5.75 Å². The molecule has 0 heterocycles. The quantitative estimate of drug-likeness (QED) is 0.820. The number of hydrogen-bond acceptors (Lipinski definition) is 3. The highest BCUT2D eigenvalue weighted by Gasteiger charge is 2.28. The average Bonchev–Trinajstić information content (AvgIpc) is 2.25. The van der Waals surface area contributed by atoms with Gasteiger partial charge in [-0.15, -0.1) is 0 Å². The van der Waals surface area contributed by atoms with Gasteiger partial charge in [0.2, 0.25) is 0 Å². The summed E-state index contributed by atoms with van der Waals surface area (Å²) in [6, 6.07) is 5.24. The third kappa shape index (κ3) is 4.06. The summed E-state index contributed by atoms with van der Waals surface area (Å²) in [5.74, 6) is -0.225. The van der Waals surface area contributed by atoms with E-state index in [9.17, 15) is 9.90 Å². The second kappa shape index (κ2) is 5.33. The fourth-order valence-corrected chi connectivity index (χ4v) is 2.72. The van der Waals surface area contributed by atoms with Crippen LogP contribution >= 0.6 is 0 Å². The van der Waals surface area contributed by atoms with Crippen LogP contribution < -0.4 is 5.73 Å². The van der Waals surface area contributed by atoms with Crippen molar-refractivity contribution in [3.63, 3.8) is 0 Å². The molecule has 0 spiro atoms. The number of benzene rings is 1. The van der Waals surface area contributed by atoms with E-state index in [1.54, 1.807) is 12.1 Å². The number of aromatic hydroxyl groups is 1. The first-order chi connectivity index (χ1) is 8.57. The Kier molecular flexibility index (Phi) is 4.41. The van der Waals surface area contributed by atoms with Crippen LogP contribution in [0.5, 0.6) is 5.75 Å². The van der Waals surface area contributed by atoms with Gasteiger partial charge >= 0.3 is 0 Å². The molecule has 0 saturated carbocycles. The van der Waals surface area contributed by atoms with Gasteiger partial charge in [0.15, 0.2) is 5.78 Å². The van der Waals surface area contributed by atoms with Gasteiger partial charge in [0.05, 0.1) is 12.1 Å². The van der Waals surface area contributed by atoms with E-state index in [1.165, 1.54) is 0 Å². The molecule has 3 N–H and O–H groups in total. The van der Waals surface area contributed by atoms with Crippen LogP contribution in [0.2, 0.25) is 0 Å². The Morgan fingerprint density at radius 3 is 2.26 bits per heavy atom. The Balaban J connectivity index is 3.18. The highest BCUT2D eigenvalue weighted by molar-refractivity contribution is 6.00. The predicted octanol–water partition coefficient (Wildman–Crippen LogP) is 3.25. The van der Waals surface area contributed by atoms with Gasteiger partial charge in [0.1, 0.15) is 5.75 Å². The summed E-state index contributed by atoms with van der Waals surface area (Å²) in [7, 11) is 0. The molecular formula is C16H25NO2. The summed E-state index contributed by atoms with van der Waals surface area (Å²) in [6.07, 6.45) is 0.987. The molecule has 19 heavy (non-hydrogen) atoms. The van der Waals surface area contributed by atoms with Crippen molar-refractivity contribution in [2.24, 2.45) is 11.1 Å². The van der Waals surface area contributed by atoms with E-state index in [2.05, 4.69) is 34.6 Å². The molecule has 1 rings (SSSR count). The molecule has 3 nitrogen and oxygen atoms in total. The molecule has 1 aromatic rings. The van der Waals surface area contributed by atoms with E-state index in [-0.39, 0.29) is 28.9 Å². The van der Waals surface area contributed by atoms with Gasteiger partial charge in [0, 0.05) is 0 Å². The zero-order chi connectivity index (χ0) is 14.8. The number of carbonyl (C=O) groups is 1. The lowest BCUT2D eigenvalue weighted by atomic mass is 9.72. The minimum Gasteiger partial charge on any atom is -0.507 e. The molecule has 3 heteroatoms. The molecule has 0 fully saturated rings. The van der Waals surface area contributed by atoms with Crippen LogP contribution in [-0.4, -0.2) is 17.4 Å². The molecule has 0 radical (unpaired) electrons. The van der Waals surface area contributed by atoms with Gasteiger partial charge < -0.3 is 10.8 Å². The van der Waals surface area contributed by atoms with E-state index >= 15 is 0 Å². The SMILES string of the molecule is CC(C)(C)CC(C)(C)c1ccc(O)c(C(=O)CN)c1. The normalized spacial score (nSPS) is 12.5. The second-order valence-electron chi connectivity index (χ2n) is 6.98. The van der Waals surface area contributed by atoms with E-state index in [4.69, 9.17) is 5.73 Å². The van der Waals surface area contributed by atoms with Crippen LogP contribution in [0.4, 0.5) is 0 Å². The predicted molar refractivity (Wildman–Crippen MR) is 78.6 cm³/mol. The van der Waals surface area contributed by atoms with Gasteiger partial charge in [-0.25, -0.2) is 0 Å². The van der Waals surface area contributed by atoms with E-state index in [0.717, 1.165) is 12.0 Å². The highest BCUT2D eigenvalue weighted by Crippen LogP contribution is 2.37. The summed E-state index contributed by atoms with van der Waals surface area (Å²) in [6.45, 7) is 10.8. The Morgan fingerprint density at radius 1 is 1.21 bits per heavy atom. The van der Waals surface area contributed by atoms with Crippen LogP contribution in [-0.2, 0) is 5.41 Å². The summed E-state index contributed by atoms with van der Waals surface area (Å²) in [5, 5.41) is 9.76. The molecule has 0 atom stereocenters. The molecule has 0 unspecified atom stereocenters. The van der Waals surface area contributed by atoms with Crippen LogP contribution in [0.1, 0.15) is 57.0 Å². The minimum atomic E-state index is -0.231. The maximum Gasteiger partial charge on any atom is 0.180 e. The Labute approximate surface area is 115 Å². The first-order valence-electron chi connectivity index (χ1n) is 6.63. The van der Waals surface area contributed by atoms with Crippen LogP contribution in [0, 0.1) is 5.41 Å². The number of phenols is 1. The largest absolute Gasteiger partial charge is 0.507 e. The summed E-state index contributed by atoms with van der Waals surface area (Å²) in [5.41, 5.74) is 6.88. The lowest BCUT2D eigenvalue weighted by Crippen LogP contribution is -2.25. The molecular weight excluding hydrogens is 238 g/mol. The highest BCUT2D eigenvalue weighted by atomic mass is 16.3. The van der Waals surface area contributed by atoms with Crippen molar-refractivity contribution >= 4 is 5.78 Å². The van der Waals surface area contributed by atoms with Crippen molar-refractivity contribution < 1.29 is 9.90 Å². The zero-order valence-electron chi connectivity index (χ0n) is 12.6. The summed E-state index contributed by atoms with van der Waals surface area (Å²) >= 11 is 0. The fraction of sp³-hybridized carbons (Fsp3) is 0.562. The number of ketones is 1. The van der Waals surface area contributed by atoms with Crippen molar-refractivity contribution in [1.29, 1.82) is 0 Å². The molecule has 0 aliphatic carbocycles. The Morgan fingerprint density at radius 2 is 1.79 bits per heavy atom. The molecule has 0 aromatic heterocycles. The van der Waals surface area contributed by atoms with E-state index < -0.39 is 0 Å². The maximum absolute atomic E-state index is 11.7. The number of carbonyl (C=O) groups excluding carboxylic acids is 1. The molecule has 106 valence electrons.